The smallest absolute Gasteiger partial charge is 0.410 e. The molecule has 92 valence electrons. The maximum Gasteiger partial charge on any atom is 0.410 e. The molecule has 2 rings (SSSR count). The van der Waals surface area contributed by atoms with E-state index in [0.717, 1.165) is 19.6 Å². The van der Waals surface area contributed by atoms with Crippen LogP contribution in [-0.2, 0) is 4.74 Å². The molecule has 16 heavy (non-hydrogen) atoms. The monoisotopic (exact) mass is 226 g/mol. The summed E-state index contributed by atoms with van der Waals surface area (Å²) in [5, 5.41) is 0. The van der Waals surface area contributed by atoms with Crippen LogP contribution in [0.5, 0.6) is 0 Å². The first-order valence-electron chi connectivity index (χ1n) is 6.11. The lowest BCUT2D eigenvalue weighted by Crippen LogP contribution is -2.68. The lowest BCUT2D eigenvalue weighted by molar-refractivity contribution is -0.109. The van der Waals surface area contributed by atoms with Gasteiger partial charge in [-0.2, -0.15) is 0 Å². The van der Waals surface area contributed by atoms with Crippen LogP contribution >= 0.6 is 0 Å². The average Bonchev–Trinajstić information content (AvgIpc) is 2.14. The molecule has 2 saturated heterocycles. The Balaban J connectivity index is 1.97. The molecule has 4 heteroatoms. The summed E-state index contributed by atoms with van der Waals surface area (Å²) in [6.07, 6.45) is -0.149. The Morgan fingerprint density at radius 2 is 1.75 bits per heavy atom. The SMILES string of the molecule is CC(C)N1CC2(COC(=O)N(C(C)C)C2)C1. The first-order valence-corrected chi connectivity index (χ1v) is 6.11. The second-order valence-corrected chi connectivity index (χ2v) is 5.77. The number of hydrogen-bond donors (Lipinski definition) is 0. The van der Waals surface area contributed by atoms with Crippen molar-refractivity contribution in [1.29, 1.82) is 0 Å². The van der Waals surface area contributed by atoms with Crippen LogP contribution in [0.25, 0.3) is 0 Å². The normalized spacial score (nSPS) is 25.1. The molecule has 0 N–H and O–H groups in total. The van der Waals surface area contributed by atoms with Crippen LogP contribution < -0.4 is 0 Å². The van der Waals surface area contributed by atoms with Gasteiger partial charge in [0.05, 0.1) is 0 Å². The molecule has 2 heterocycles. The molecular weight excluding hydrogens is 204 g/mol. The summed E-state index contributed by atoms with van der Waals surface area (Å²) < 4.78 is 5.30. The number of amides is 1. The minimum atomic E-state index is -0.149. The van der Waals surface area contributed by atoms with Crippen LogP contribution in [-0.4, -0.2) is 54.2 Å². The van der Waals surface area contributed by atoms with Gasteiger partial charge in [-0.15, -0.1) is 0 Å². The Hall–Kier alpha value is -0.770. The summed E-state index contributed by atoms with van der Waals surface area (Å²) in [6, 6.07) is 0.827. The van der Waals surface area contributed by atoms with E-state index in [9.17, 15) is 4.79 Å². The van der Waals surface area contributed by atoms with Gasteiger partial charge in [-0.1, -0.05) is 0 Å². The summed E-state index contributed by atoms with van der Waals surface area (Å²) in [4.78, 5) is 15.8. The Morgan fingerprint density at radius 3 is 2.25 bits per heavy atom. The molecule has 2 aliphatic rings. The largest absolute Gasteiger partial charge is 0.449 e. The van der Waals surface area contributed by atoms with E-state index in [-0.39, 0.29) is 17.6 Å². The number of carbonyl (C=O) groups excluding carboxylic acids is 1. The zero-order valence-electron chi connectivity index (χ0n) is 10.7. The van der Waals surface area contributed by atoms with Crippen molar-refractivity contribution >= 4 is 6.09 Å². The van der Waals surface area contributed by atoms with Gasteiger partial charge in [0.2, 0.25) is 0 Å². The fourth-order valence-corrected chi connectivity index (χ4v) is 2.53. The van der Waals surface area contributed by atoms with Crippen LogP contribution in [0.1, 0.15) is 27.7 Å². The van der Waals surface area contributed by atoms with E-state index in [4.69, 9.17) is 4.74 Å². The standard InChI is InChI=1S/C12H22N2O2/c1-9(2)13-5-12(6-13)7-14(10(3)4)11(15)16-8-12/h9-10H,5-8H2,1-4H3. The topological polar surface area (TPSA) is 32.8 Å². The first-order chi connectivity index (χ1) is 7.43. The molecule has 2 aliphatic heterocycles. The van der Waals surface area contributed by atoms with E-state index in [1.54, 1.807) is 0 Å². The Bertz CT molecular complexity index is 283. The molecule has 2 fully saturated rings. The predicted octanol–water partition coefficient (Wildman–Crippen LogP) is 1.56. The molecule has 0 aromatic carbocycles. The fraction of sp³-hybridized carbons (Fsp3) is 0.917. The first kappa shape index (κ1) is 11.7. The number of carbonyl (C=O) groups is 1. The predicted molar refractivity (Wildman–Crippen MR) is 62.3 cm³/mol. The summed E-state index contributed by atoms with van der Waals surface area (Å²) in [6.45, 7) is 12.1. The van der Waals surface area contributed by atoms with Gasteiger partial charge in [-0.3, -0.25) is 4.90 Å². The third kappa shape index (κ3) is 1.90. The lowest BCUT2D eigenvalue weighted by Gasteiger charge is -2.55. The Kier molecular flexibility index (Phi) is 2.86. The quantitative estimate of drug-likeness (QED) is 0.716. The number of hydrogen-bond acceptors (Lipinski definition) is 3. The van der Waals surface area contributed by atoms with Crippen molar-refractivity contribution in [1.82, 2.24) is 9.80 Å². The van der Waals surface area contributed by atoms with E-state index in [1.165, 1.54) is 0 Å². The van der Waals surface area contributed by atoms with Crippen LogP contribution in [0.15, 0.2) is 0 Å². The van der Waals surface area contributed by atoms with Crippen LogP contribution in [0.4, 0.5) is 4.79 Å². The minimum absolute atomic E-state index is 0.149. The van der Waals surface area contributed by atoms with E-state index in [0.29, 0.717) is 12.6 Å². The highest BCUT2D eigenvalue weighted by atomic mass is 16.6. The summed E-state index contributed by atoms with van der Waals surface area (Å²) in [5.41, 5.74) is 0.197. The number of ether oxygens (including phenoxy) is 1. The molecule has 0 aromatic heterocycles. The van der Waals surface area contributed by atoms with E-state index >= 15 is 0 Å². The highest BCUT2D eigenvalue weighted by molar-refractivity contribution is 5.69. The molecule has 0 radical (unpaired) electrons. The number of rotatable bonds is 2. The lowest BCUT2D eigenvalue weighted by atomic mass is 9.78. The van der Waals surface area contributed by atoms with Crippen molar-refractivity contribution in [2.24, 2.45) is 5.41 Å². The Labute approximate surface area is 97.5 Å². The molecule has 0 saturated carbocycles. The second-order valence-electron chi connectivity index (χ2n) is 5.77. The summed E-state index contributed by atoms with van der Waals surface area (Å²) >= 11 is 0. The average molecular weight is 226 g/mol. The maximum atomic E-state index is 11.6. The van der Waals surface area contributed by atoms with Gasteiger partial charge >= 0.3 is 6.09 Å². The van der Waals surface area contributed by atoms with E-state index in [2.05, 4.69) is 18.7 Å². The van der Waals surface area contributed by atoms with Crippen molar-refractivity contribution in [3.8, 4) is 0 Å². The van der Waals surface area contributed by atoms with Crippen LogP contribution in [0.3, 0.4) is 0 Å². The van der Waals surface area contributed by atoms with E-state index < -0.39 is 0 Å². The van der Waals surface area contributed by atoms with Crippen molar-refractivity contribution in [2.45, 2.75) is 39.8 Å². The van der Waals surface area contributed by atoms with Gasteiger partial charge in [-0.05, 0) is 27.7 Å². The zero-order valence-corrected chi connectivity index (χ0v) is 10.7. The molecule has 0 unspecified atom stereocenters. The van der Waals surface area contributed by atoms with Crippen molar-refractivity contribution < 1.29 is 9.53 Å². The highest BCUT2D eigenvalue weighted by Crippen LogP contribution is 2.36. The molecule has 4 nitrogen and oxygen atoms in total. The molecule has 0 aliphatic carbocycles. The van der Waals surface area contributed by atoms with Gasteiger partial charge in [0, 0.05) is 37.1 Å². The highest BCUT2D eigenvalue weighted by Gasteiger charge is 2.49. The number of cyclic esters (lactones) is 1. The van der Waals surface area contributed by atoms with Gasteiger partial charge in [-0.25, -0.2) is 4.79 Å². The van der Waals surface area contributed by atoms with Gasteiger partial charge in [0.25, 0.3) is 0 Å². The summed E-state index contributed by atoms with van der Waals surface area (Å²) in [7, 11) is 0. The van der Waals surface area contributed by atoms with Gasteiger partial charge < -0.3 is 9.64 Å². The minimum Gasteiger partial charge on any atom is -0.449 e. The third-order valence-corrected chi connectivity index (χ3v) is 3.67. The molecule has 0 bridgehead atoms. The zero-order chi connectivity index (χ0) is 11.9. The van der Waals surface area contributed by atoms with Crippen molar-refractivity contribution in [3.63, 3.8) is 0 Å². The van der Waals surface area contributed by atoms with Crippen LogP contribution in [0.2, 0.25) is 0 Å². The number of likely N-dealkylation sites (tertiary alicyclic amines) is 1. The third-order valence-electron chi connectivity index (χ3n) is 3.67. The molecule has 0 atom stereocenters. The maximum absolute atomic E-state index is 11.6. The number of nitrogens with zero attached hydrogens (tertiary/aromatic N) is 2. The van der Waals surface area contributed by atoms with E-state index in [1.807, 2.05) is 18.7 Å². The fourth-order valence-electron chi connectivity index (χ4n) is 2.53. The van der Waals surface area contributed by atoms with Crippen molar-refractivity contribution in [3.05, 3.63) is 0 Å². The Morgan fingerprint density at radius 1 is 1.12 bits per heavy atom. The van der Waals surface area contributed by atoms with Crippen LogP contribution in [0, 0.1) is 5.41 Å². The second kappa shape index (κ2) is 3.91. The van der Waals surface area contributed by atoms with Gasteiger partial charge in [0.15, 0.2) is 0 Å². The van der Waals surface area contributed by atoms with Crippen molar-refractivity contribution in [2.75, 3.05) is 26.2 Å². The van der Waals surface area contributed by atoms with Gasteiger partial charge in [0.1, 0.15) is 6.61 Å². The molecule has 1 amide bonds. The molecule has 1 spiro atoms. The molecule has 0 aromatic rings. The summed E-state index contributed by atoms with van der Waals surface area (Å²) in [5.74, 6) is 0. The molecular formula is C12H22N2O2.